The molecule has 1 rings (SSSR count). The van der Waals surface area contributed by atoms with Crippen molar-refractivity contribution in [3.63, 3.8) is 0 Å². The molecule has 4 nitrogen and oxygen atoms in total. The minimum absolute atomic E-state index is 0.478. The summed E-state index contributed by atoms with van der Waals surface area (Å²) in [4.78, 5) is 8.02. The molecule has 1 aromatic rings. The lowest BCUT2D eigenvalue weighted by atomic mass is 10.2. The van der Waals surface area contributed by atoms with E-state index < -0.39 is 0 Å². The normalized spacial score (nSPS) is 9.36. The van der Waals surface area contributed by atoms with Gasteiger partial charge in [-0.3, -0.25) is 0 Å². The molecule has 0 atom stereocenters. The Morgan fingerprint density at radius 1 is 1.50 bits per heavy atom. The maximum atomic E-state index is 5.49. The molecule has 0 aliphatic heterocycles. The van der Waals surface area contributed by atoms with Crippen molar-refractivity contribution < 1.29 is 0 Å². The van der Waals surface area contributed by atoms with E-state index in [0.717, 1.165) is 25.8 Å². The van der Waals surface area contributed by atoms with Gasteiger partial charge in [-0.1, -0.05) is 0 Å². The van der Waals surface area contributed by atoms with Crippen LogP contribution in [0, 0.1) is 12.3 Å². The lowest BCUT2D eigenvalue weighted by Gasteiger charge is -2.03. The molecule has 0 amide bonds. The van der Waals surface area contributed by atoms with E-state index in [1.54, 1.807) is 12.3 Å². The van der Waals surface area contributed by atoms with E-state index in [9.17, 15) is 0 Å². The number of terminal acetylenes is 1. The van der Waals surface area contributed by atoms with Gasteiger partial charge in [-0.15, -0.1) is 12.3 Å². The Morgan fingerprint density at radius 2 is 2.36 bits per heavy atom. The van der Waals surface area contributed by atoms with Crippen molar-refractivity contribution in [2.24, 2.45) is 0 Å². The second kappa shape index (κ2) is 5.81. The molecular formula is C10H14N4. The molecular weight excluding hydrogens is 176 g/mol. The Kier molecular flexibility index (Phi) is 4.29. The van der Waals surface area contributed by atoms with Crippen LogP contribution in [0.5, 0.6) is 0 Å². The first-order chi connectivity index (χ1) is 6.83. The Labute approximate surface area is 83.9 Å². The van der Waals surface area contributed by atoms with Gasteiger partial charge < -0.3 is 11.1 Å². The van der Waals surface area contributed by atoms with Crippen LogP contribution in [-0.4, -0.2) is 16.5 Å². The summed E-state index contributed by atoms with van der Waals surface area (Å²) in [5.74, 6) is 3.65. The maximum absolute atomic E-state index is 5.49. The zero-order valence-corrected chi connectivity index (χ0v) is 8.03. The molecule has 0 spiro atoms. The molecule has 1 aromatic heterocycles. The molecule has 0 fully saturated rings. The Morgan fingerprint density at radius 3 is 3.07 bits per heavy atom. The van der Waals surface area contributed by atoms with Gasteiger partial charge in [0.1, 0.15) is 5.82 Å². The fraction of sp³-hybridized carbons (Fsp3) is 0.400. The average Bonchev–Trinajstić information content (AvgIpc) is 2.18. The Hall–Kier alpha value is -1.76. The van der Waals surface area contributed by atoms with Gasteiger partial charge in [0.05, 0.1) is 0 Å². The van der Waals surface area contributed by atoms with E-state index >= 15 is 0 Å². The third kappa shape index (κ3) is 3.76. The number of nitrogen functional groups attached to an aromatic ring is 1. The van der Waals surface area contributed by atoms with E-state index in [1.165, 1.54) is 0 Å². The van der Waals surface area contributed by atoms with Crippen molar-refractivity contribution in [1.29, 1.82) is 0 Å². The quantitative estimate of drug-likeness (QED) is 0.542. The van der Waals surface area contributed by atoms with Crippen molar-refractivity contribution in [2.75, 3.05) is 17.6 Å². The van der Waals surface area contributed by atoms with Crippen LogP contribution in [0.15, 0.2) is 12.3 Å². The smallest absolute Gasteiger partial charge is 0.224 e. The molecule has 0 unspecified atom stereocenters. The summed E-state index contributed by atoms with van der Waals surface area (Å²) in [5, 5.41) is 3.07. The molecule has 0 aliphatic rings. The van der Waals surface area contributed by atoms with E-state index in [2.05, 4.69) is 21.2 Å². The molecule has 4 heteroatoms. The first-order valence-electron chi connectivity index (χ1n) is 4.59. The van der Waals surface area contributed by atoms with Gasteiger partial charge in [-0.25, -0.2) is 4.98 Å². The summed E-state index contributed by atoms with van der Waals surface area (Å²) in [6.45, 7) is 0.825. The molecule has 14 heavy (non-hydrogen) atoms. The molecule has 0 aliphatic carbocycles. The fourth-order valence-corrected chi connectivity index (χ4v) is 1.01. The standard InChI is InChI=1S/C10H14N4/c1-2-3-4-5-7-12-10-13-8-6-9(11)14-10/h1,6,8H,3-5,7H2,(H3,11,12,13,14). The number of aromatic nitrogens is 2. The van der Waals surface area contributed by atoms with Crippen LogP contribution >= 0.6 is 0 Å². The zero-order valence-electron chi connectivity index (χ0n) is 8.03. The molecule has 74 valence electrons. The lowest BCUT2D eigenvalue weighted by Crippen LogP contribution is -2.06. The molecule has 0 saturated carbocycles. The van der Waals surface area contributed by atoms with Gasteiger partial charge >= 0.3 is 0 Å². The van der Waals surface area contributed by atoms with Crippen LogP contribution in [0.2, 0.25) is 0 Å². The highest BCUT2D eigenvalue weighted by Crippen LogP contribution is 2.01. The van der Waals surface area contributed by atoms with Crippen LogP contribution < -0.4 is 11.1 Å². The second-order valence-corrected chi connectivity index (χ2v) is 2.89. The Balaban J connectivity index is 2.22. The van der Waals surface area contributed by atoms with E-state index in [0.29, 0.717) is 11.8 Å². The number of hydrogen-bond acceptors (Lipinski definition) is 4. The fourth-order valence-electron chi connectivity index (χ4n) is 1.01. The Bertz CT molecular complexity index is 316. The number of rotatable bonds is 5. The van der Waals surface area contributed by atoms with Gasteiger partial charge in [-0.2, -0.15) is 4.98 Å². The molecule has 0 aromatic carbocycles. The lowest BCUT2D eigenvalue weighted by molar-refractivity contribution is 0.784. The summed E-state index contributed by atoms with van der Waals surface area (Å²) >= 11 is 0. The van der Waals surface area contributed by atoms with Gasteiger partial charge in [0, 0.05) is 19.2 Å². The zero-order chi connectivity index (χ0) is 10.2. The van der Waals surface area contributed by atoms with Crippen molar-refractivity contribution in [3.05, 3.63) is 12.3 Å². The number of nitrogens with two attached hydrogens (primary N) is 1. The summed E-state index contributed by atoms with van der Waals surface area (Å²) in [6.07, 6.45) is 9.62. The first kappa shape index (κ1) is 10.3. The van der Waals surface area contributed by atoms with Gasteiger partial charge in [0.25, 0.3) is 0 Å². The summed E-state index contributed by atoms with van der Waals surface area (Å²) < 4.78 is 0. The van der Waals surface area contributed by atoms with Crippen molar-refractivity contribution in [1.82, 2.24) is 9.97 Å². The predicted molar refractivity (Wildman–Crippen MR) is 57.6 cm³/mol. The monoisotopic (exact) mass is 190 g/mol. The number of anilines is 2. The molecule has 3 N–H and O–H groups in total. The van der Waals surface area contributed by atoms with Gasteiger partial charge in [-0.05, 0) is 18.9 Å². The van der Waals surface area contributed by atoms with Gasteiger partial charge in [0.2, 0.25) is 5.95 Å². The molecule has 1 heterocycles. The third-order valence-electron chi connectivity index (χ3n) is 1.71. The SMILES string of the molecule is C#CCCCCNc1nccc(N)n1. The molecule has 0 radical (unpaired) electrons. The van der Waals surface area contributed by atoms with Crippen LogP contribution in [0.25, 0.3) is 0 Å². The van der Waals surface area contributed by atoms with E-state index in [4.69, 9.17) is 12.2 Å². The second-order valence-electron chi connectivity index (χ2n) is 2.89. The third-order valence-corrected chi connectivity index (χ3v) is 1.71. The first-order valence-corrected chi connectivity index (χ1v) is 4.59. The minimum atomic E-state index is 0.478. The van der Waals surface area contributed by atoms with Crippen LogP contribution in [0.4, 0.5) is 11.8 Å². The number of unbranched alkanes of at least 4 members (excludes halogenated alkanes) is 2. The average molecular weight is 190 g/mol. The summed E-state index contributed by atoms with van der Waals surface area (Å²) in [6, 6.07) is 1.66. The predicted octanol–water partition coefficient (Wildman–Crippen LogP) is 1.27. The number of nitrogens with zero attached hydrogens (tertiary/aromatic N) is 2. The number of hydrogen-bond donors (Lipinski definition) is 2. The van der Waals surface area contributed by atoms with Gasteiger partial charge in [0.15, 0.2) is 0 Å². The highest BCUT2D eigenvalue weighted by atomic mass is 15.1. The minimum Gasteiger partial charge on any atom is -0.384 e. The van der Waals surface area contributed by atoms with Crippen LogP contribution in [0.3, 0.4) is 0 Å². The van der Waals surface area contributed by atoms with Crippen LogP contribution in [0.1, 0.15) is 19.3 Å². The highest BCUT2D eigenvalue weighted by Gasteiger charge is 1.94. The van der Waals surface area contributed by atoms with Crippen molar-refractivity contribution >= 4 is 11.8 Å². The molecule has 0 saturated heterocycles. The van der Waals surface area contributed by atoms with Crippen molar-refractivity contribution in [2.45, 2.75) is 19.3 Å². The highest BCUT2D eigenvalue weighted by molar-refractivity contribution is 5.34. The topological polar surface area (TPSA) is 63.8 Å². The van der Waals surface area contributed by atoms with E-state index in [-0.39, 0.29) is 0 Å². The number of nitrogens with one attached hydrogen (secondary N) is 1. The largest absolute Gasteiger partial charge is 0.384 e. The molecule has 0 bridgehead atoms. The summed E-state index contributed by atoms with van der Waals surface area (Å²) in [5.41, 5.74) is 5.49. The summed E-state index contributed by atoms with van der Waals surface area (Å²) in [7, 11) is 0. The van der Waals surface area contributed by atoms with Crippen molar-refractivity contribution in [3.8, 4) is 12.3 Å². The van der Waals surface area contributed by atoms with E-state index in [1.807, 2.05) is 0 Å². The van der Waals surface area contributed by atoms with Crippen LogP contribution in [-0.2, 0) is 0 Å². The maximum Gasteiger partial charge on any atom is 0.224 e.